The van der Waals surface area contributed by atoms with Crippen molar-refractivity contribution in [3.8, 4) is 11.3 Å². The van der Waals surface area contributed by atoms with Crippen LogP contribution >= 0.6 is 0 Å². The van der Waals surface area contributed by atoms with Gasteiger partial charge >= 0.3 is 11.9 Å². The van der Waals surface area contributed by atoms with E-state index in [1.165, 1.54) is 23.7 Å². The predicted molar refractivity (Wildman–Crippen MR) is 60.9 cm³/mol. The second-order valence-corrected chi connectivity index (χ2v) is 4.17. The number of carbonyl (C=O) groups is 1. The second kappa shape index (κ2) is 3.73. The van der Waals surface area contributed by atoms with E-state index in [4.69, 9.17) is 9.52 Å². The number of fused-ring (bicyclic) bond motifs is 1. The summed E-state index contributed by atoms with van der Waals surface area (Å²) in [6.45, 7) is 0. The Bertz CT molecular complexity index is 586. The molecule has 0 aliphatic heterocycles. The third-order valence-electron chi connectivity index (χ3n) is 3.07. The summed E-state index contributed by atoms with van der Waals surface area (Å²) >= 11 is 0. The number of aryl methyl sites for hydroxylation is 2. The molecular weight excluding hydrogens is 218 g/mol. The molecule has 0 spiro atoms. The fourth-order valence-electron chi connectivity index (χ4n) is 2.23. The van der Waals surface area contributed by atoms with E-state index >= 15 is 0 Å². The number of benzene rings is 1. The van der Waals surface area contributed by atoms with Gasteiger partial charge in [0, 0.05) is 5.56 Å². The van der Waals surface area contributed by atoms with Crippen molar-refractivity contribution in [3.05, 3.63) is 41.4 Å². The Morgan fingerprint density at radius 1 is 1.29 bits per heavy atom. The number of aromatic carboxylic acids is 1. The zero-order valence-corrected chi connectivity index (χ0v) is 9.14. The summed E-state index contributed by atoms with van der Waals surface area (Å²) in [6, 6.07) is 6.10. The molecule has 0 unspecified atom stereocenters. The molecule has 86 valence electrons. The van der Waals surface area contributed by atoms with Gasteiger partial charge in [0.05, 0.1) is 6.20 Å². The standard InChI is InChI=1S/C13H11NO3/c15-13(16)12-14-7-11(17-12)10-5-4-8-2-1-3-9(8)6-10/h4-7H,1-3H2,(H,15,16). The molecule has 1 heterocycles. The first-order valence-corrected chi connectivity index (χ1v) is 5.55. The molecule has 1 N–H and O–H groups in total. The maximum absolute atomic E-state index is 10.7. The minimum atomic E-state index is -1.14. The van der Waals surface area contributed by atoms with Crippen molar-refractivity contribution in [3.63, 3.8) is 0 Å². The molecule has 1 aliphatic carbocycles. The zero-order chi connectivity index (χ0) is 11.8. The minimum absolute atomic E-state index is 0.263. The molecule has 1 aromatic carbocycles. The molecule has 1 aromatic heterocycles. The van der Waals surface area contributed by atoms with Crippen LogP contribution in [0.25, 0.3) is 11.3 Å². The minimum Gasteiger partial charge on any atom is -0.474 e. The van der Waals surface area contributed by atoms with Crippen LogP contribution in [0.15, 0.2) is 28.8 Å². The maximum Gasteiger partial charge on any atom is 0.392 e. The first kappa shape index (κ1) is 10.1. The van der Waals surface area contributed by atoms with Gasteiger partial charge in [-0.05, 0) is 36.5 Å². The van der Waals surface area contributed by atoms with Crippen molar-refractivity contribution in [2.24, 2.45) is 0 Å². The zero-order valence-electron chi connectivity index (χ0n) is 9.14. The number of aromatic nitrogens is 1. The van der Waals surface area contributed by atoms with E-state index in [-0.39, 0.29) is 5.89 Å². The number of nitrogens with zero attached hydrogens (tertiary/aromatic N) is 1. The topological polar surface area (TPSA) is 63.3 Å². The van der Waals surface area contributed by atoms with Gasteiger partial charge in [0.1, 0.15) is 0 Å². The Hall–Kier alpha value is -2.10. The quantitative estimate of drug-likeness (QED) is 0.859. The normalized spacial score (nSPS) is 13.6. The molecule has 2 aromatic rings. The Morgan fingerprint density at radius 3 is 2.88 bits per heavy atom. The van der Waals surface area contributed by atoms with Crippen molar-refractivity contribution < 1.29 is 14.3 Å². The number of oxazole rings is 1. The van der Waals surface area contributed by atoms with Gasteiger partial charge in [-0.3, -0.25) is 0 Å². The van der Waals surface area contributed by atoms with Crippen LogP contribution in [0.3, 0.4) is 0 Å². The molecule has 0 atom stereocenters. The van der Waals surface area contributed by atoms with Gasteiger partial charge in [0.2, 0.25) is 0 Å². The molecule has 17 heavy (non-hydrogen) atoms. The number of hydrogen-bond acceptors (Lipinski definition) is 3. The highest BCUT2D eigenvalue weighted by molar-refractivity contribution is 5.82. The maximum atomic E-state index is 10.7. The van der Waals surface area contributed by atoms with E-state index in [0.717, 1.165) is 18.4 Å². The van der Waals surface area contributed by atoms with Gasteiger partial charge < -0.3 is 9.52 Å². The fraction of sp³-hybridized carbons (Fsp3) is 0.231. The summed E-state index contributed by atoms with van der Waals surface area (Å²) in [5, 5.41) is 8.74. The fourth-order valence-corrected chi connectivity index (χ4v) is 2.23. The van der Waals surface area contributed by atoms with Crippen LogP contribution in [0.2, 0.25) is 0 Å². The highest BCUT2D eigenvalue weighted by Crippen LogP contribution is 2.28. The van der Waals surface area contributed by atoms with Crippen LogP contribution in [0, 0.1) is 0 Å². The van der Waals surface area contributed by atoms with Crippen LogP contribution in [0.4, 0.5) is 0 Å². The average Bonchev–Trinajstić information content (AvgIpc) is 2.97. The lowest BCUT2D eigenvalue weighted by Gasteiger charge is -2.01. The summed E-state index contributed by atoms with van der Waals surface area (Å²) < 4.78 is 5.18. The van der Waals surface area contributed by atoms with Crippen molar-refractivity contribution in [2.45, 2.75) is 19.3 Å². The van der Waals surface area contributed by atoms with Crippen molar-refractivity contribution >= 4 is 5.97 Å². The number of carboxylic acids is 1. The molecule has 0 saturated heterocycles. The first-order chi connectivity index (χ1) is 8.24. The predicted octanol–water partition coefficient (Wildman–Crippen LogP) is 2.53. The first-order valence-electron chi connectivity index (χ1n) is 5.55. The van der Waals surface area contributed by atoms with Crippen molar-refractivity contribution in [1.29, 1.82) is 0 Å². The Labute approximate surface area is 97.9 Å². The molecule has 0 radical (unpaired) electrons. The summed E-state index contributed by atoms with van der Waals surface area (Å²) in [5.41, 5.74) is 3.60. The van der Waals surface area contributed by atoms with Gasteiger partial charge in [0.25, 0.3) is 0 Å². The Balaban J connectivity index is 2.00. The summed E-state index contributed by atoms with van der Waals surface area (Å²) in [6.07, 6.45) is 4.87. The molecule has 1 aliphatic rings. The van der Waals surface area contributed by atoms with Crippen molar-refractivity contribution in [1.82, 2.24) is 4.98 Å². The lowest BCUT2D eigenvalue weighted by atomic mass is 10.1. The molecule has 0 saturated carbocycles. The lowest BCUT2D eigenvalue weighted by Crippen LogP contribution is -1.94. The summed E-state index contributed by atoms with van der Waals surface area (Å²) in [4.78, 5) is 14.4. The van der Waals surface area contributed by atoms with E-state index < -0.39 is 5.97 Å². The van der Waals surface area contributed by atoms with E-state index in [2.05, 4.69) is 17.1 Å². The van der Waals surface area contributed by atoms with Crippen LogP contribution in [0.5, 0.6) is 0 Å². The largest absolute Gasteiger partial charge is 0.474 e. The van der Waals surface area contributed by atoms with Crippen LogP contribution in [-0.2, 0) is 12.8 Å². The Morgan fingerprint density at radius 2 is 2.12 bits per heavy atom. The number of carboxylic acid groups (broad SMARTS) is 1. The third-order valence-corrected chi connectivity index (χ3v) is 3.07. The number of rotatable bonds is 2. The molecule has 0 amide bonds. The van der Waals surface area contributed by atoms with Crippen LogP contribution in [-0.4, -0.2) is 16.1 Å². The van der Waals surface area contributed by atoms with Gasteiger partial charge in [-0.2, -0.15) is 0 Å². The second-order valence-electron chi connectivity index (χ2n) is 4.17. The molecule has 0 fully saturated rings. The van der Waals surface area contributed by atoms with E-state index in [9.17, 15) is 4.79 Å². The van der Waals surface area contributed by atoms with E-state index in [1.807, 2.05) is 6.07 Å². The van der Waals surface area contributed by atoms with Gasteiger partial charge in [-0.25, -0.2) is 9.78 Å². The molecule has 0 bridgehead atoms. The average molecular weight is 229 g/mol. The van der Waals surface area contributed by atoms with Gasteiger partial charge in [-0.1, -0.05) is 12.1 Å². The van der Waals surface area contributed by atoms with Crippen LogP contribution < -0.4 is 0 Å². The SMILES string of the molecule is O=C(O)c1ncc(-c2ccc3c(c2)CCC3)o1. The number of hydrogen-bond donors (Lipinski definition) is 1. The van der Waals surface area contributed by atoms with E-state index in [0.29, 0.717) is 5.76 Å². The monoisotopic (exact) mass is 229 g/mol. The van der Waals surface area contributed by atoms with Crippen molar-refractivity contribution in [2.75, 3.05) is 0 Å². The summed E-state index contributed by atoms with van der Waals surface area (Å²) in [7, 11) is 0. The van der Waals surface area contributed by atoms with Crippen LogP contribution in [0.1, 0.15) is 28.2 Å². The molecule has 4 heteroatoms. The summed E-state index contributed by atoms with van der Waals surface area (Å²) in [5.74, 6) is -0.894. The molecule has 4 nitrogen and oxygen atoms in total. The van der Waals surface area contributed by atoms with E-state index in [1.54, 1.807) is 0 Å². The Kier molecular flexibility index (Phi) is 2.21. The highest BCUT2D eigenvalue weighted by Gasteiger charge is 2.15. The highest BCUT2D eigenvalue weighted by atomic mass is 16.4. The molecular formula is C13H11NO3. The molecule has 3 rings (SSSR count). The van der Waals surface area contributed by atoms with Gasteiger partial charge in [-0.15, -0.1) is 0 Å². The lowest BCUT2D eigenvalue weighted by molar-refractivity contribution is 0.0654. The third kappa shape index (κ3) is 1.71. The smallest absolute Gasteiger partial charge is 0.392 e. The van der Waals surface area contributed by atoms with Gasteiger partial charge in [0.15, 0.2) is 5.76 Å².